The first-order chi connectivity index (χ1) is 15.0. The molecule has 0 aromatic heterocycles. The fourth-order valence-electron chi connectivity index (χ4n) is 4.83. The second kappa shape index (κ2) is 10.1. The van der Waals surface area contributed by atoms with Gasteiger partial charge in [-0.2, -0.15) is 0 Å². The van der Waals surface area contributed by atoms with Crippen molar-refractivity contribution in [2.24, 2.45) is 0 Å². The molecule has 3 aliphatic heterocycles. The zero-order valence-corrected chi connectivity index (χ0v) is 17.7. The van der Waals surface area contributed by atoms with Crippen LogP contribution in [0.1, 0.15) is 48.9 Å². The summed E-state index contributed by atoms with van der Waals surface area (Å²) in [5.74, 6) is -0.927. The van der Waals surface area contributed by atoms with Crippen molar-refractivity contribution in [1.82, 2.24) is 9.80 Å². The van der Waals surface area contributed by atoms with Crippen LogP contribution in [0.5, 0.6) is 0 Å². The first-order valence-corrected chi connectivity index (χ1v) is 11.3. The lowest BCUT2D eigenvalue weighted by atomic mass is 9.93. The molecule has 3 saturated heterocycles. The summed E-state index contributed by atoms with van der Waals surface area (Å²) in [7, 11) is 0. The van der Waals surface area contributed by atoms with E-state index in [9.17, 15) is 19.1 Å². The molecule has 3 heterocycles. The lowest BCUT2D eigenvalue weighted by Crippen LogP contribution is -2.57. The van der Waals surface area contributed by atoms with Gasteiger partial charge < -0.3 is 24.4 Å². The second-order valence-electron chi connectivity index (χ2n) is 8.72. The summed E-state index contributed by atoms with van der Waals surface area (Å²) in [4.78, 5) is 29.3. The average molecular weight is 435 g/mol. The van der Waals surface area contributed by atoms with Gasteiger partial charge in [0.2, 0.25) is 5.91 Å². The summed E-state index contributed by atoms with van der Waals surface area (Å²) in [6.45, 7) is 1.96. The lowest BCUT2D eigenvalue weighted by Gasteiger charge is -2.44. The molecule has 7 nitrogen and oxygen atoms in total. The minimum atomic E-state index is -0.852. The number of likely N-dealkylation sites (tertiary alicyclic amines) is 1. The van der Waals surface area contributed by atoms with Gasteiger partial charge in [0.05, 0.1) is 43.4 Å². The maximum absolute atomic E-state index is 14.3. The minimum Gasteiger partial charge on any atom is -0.389 e. The van der Waals surface area contributed by atoms with E-state index in [0.29, 0.717) is 19.3 Å². The molecule has 1 aromatic rings. The van der Waals surface area contributed by atoms with Crippen LogP contribution in [0, 0.1) is 5.82 Å². The number of rotatable bonds is 3. The SMILES string of the molecule is O=C(C[C@H]1CC[C@H]2[C@@H](COC[C@H](O)CN2C(=O)c2ccccc2F)O1)N1CCCCC1. The summed E-state index contributed by atoms with van der Waals surface area (Å²) in [5.41, 5.74) is -0.0164. The highest BCUT2D eigenvalue weighted by Gasteiger charge is 2.41. The number of amides is 2. The Labute approximate surface area is 182 Å². The van der Waals surface area contributed by atoms with Crippen LogP contribution in [0.3, 0.4) is 0 Å². The number of halogens is 1. The fourth-order valence-corrected chi connectivity index (χ4v) is 4.83. The van der Waals surface area contributed by atoms with Crippen LogP contribution in [-0.2, 0) is 14.3 Å². The molecule has 170 valence electrons. The smallest absolute Gasteiger partial charge is 0.257 e. The van der Waals surface area contributed by atoms with E-state index in [1.165, 1.54) is 23.5 Å². The van der Waals surface area contributed by atoms with E-state index in [0.717, 1.165) is 25.9 Å². The number of nitrogens with zero attached hydrogens (tertiary/aromatic N) is 2. The molecule has 0 unspecified atom stereocenters. The number of aliphatic hydroxyl groups excluding tert-OH is 1. The quantitative estimate of drug-likeness (QED) is 0.787. The van der Waals surface area contributed by atoms with Gasteiger partial charge in [0.25, 0.3) is 5.91 Å². The van der Waals surface area contributed by atoms with Gasteiger partial charge >= 0.3 is 0 Å². The predicted octanol–water partition coefficient (Wildman–Crippen LogP) is 1.98. The van der Waals surface area contributed by atoms with Crippen molar-refractivity contribution in [2.45, 2.75) is 62.9 Å². The monoisotopic (exact) mass is 434 g/mol. The van der Waals surface area contributed by atoms with E-state index in [-0.39, 0.29) is 43.4 Å². The first kappa shape index (κ1) is 22.2. The van der Waals surface area contributed by atoms with E-state index in [1.54, 1.807) is 12.1 Å². The normalized spacial score (nSPS) is 29.6. The van der Waals surface area contributed by atoms with Crippen LogP contribution in [0.4, 0.5) is 4.39 Å². The van der Waals surface area contributed by atoms with E-state index in [2.05, 4.69) is 0 Å². The van der Waals surface area contributed by atoms with Crippen molar-refractivity contribution in [3.8, 4) is 0 Å². The molecule has 0 radical (unpaired) electrons. The van der Waals surface area contributed by atoms with Crippen LogP contribution in [0.25, 0.3) is 0 Å². The topological polar surface area (TPSA) is 79.3 Å². The number of hydrogen-bond acceptors (Lipinski definition) is 5. The Morgan fingerprint density at radius 2 is 1.87 bits per heavy atom. The molecule has 1 aromatic carbocycles. The zero-order chi connectivity index (χ0) is 21.8. The van der Waals surface area contributed by atoms with Crippen LogP contribution < -0.4 is 0 Å². The fraction of sp³-hybridized carbons (Fsp3) is 0.652. The Morgan fingerprint density at radius 3 is 2.65 bits per heavy atom. The highest BCUT2D eigenvalue weighted by atomic mass is 19.1. The maximum atomic E-state index is 14.3. The molecule has 31 heavy (non-hydrogen) atoms. The van der Waals surface area contributed by atoms with Crippen LogP contribution >= 0.6 is 0 Å². The number of carbonyl (C=O) groups is 2. The summed E-state index contributed by atoms with van der Waals surface area (Å²) in [6.07, 6.45) is 3.32. The predicted molar refractivity (Wildman–Crippen MR) is 111 cm³/mol. The first-order valence-electron chi connectivity index (χ1n) is 11.3. The highest BCUT2D eigenvalue weighted by Crippen LogP contribution is 2.29. The van der Waals surface area contributed by atoms with E-state index in [1.807, 2.05) is 4.90 Å². The van der Waals surface area contributed by atoms with Crippen molar-refractivity contribution in [3.05, 3.63) is 35.6 Å². The molecule has 0 bridgehead atoms. The third-order valence-electron chi connectivity index (χ3n) is 6.46. The number of piperidine rings is 1. The average Bonchev–Trinajstić information content (AvgIpc) is 2.77. The molecule has 0 aliphatic carbocycles. The van der Waals surface area contributed by atoms with Gasteiger partial charge in [-0.25, -0.2) is 4.39 Å². The molecule has 4 atom stereocenters. The van der Waals surface area contributed by atoms with Gasteiger partial charge in [-0.1, -0.05) is 12.1 Å². The lowest BCUT2D eigenvalue weighted by molar-refractivity contribution is -0.155. The van der Waals surface area contributed by atoms with E-state index < -0.39 is 23.9 Å². The molecule has 0 saturated carbocycles. The number of benzene rings is 1. The Morgan fingerprint density at radius 1 is 1.10 bits per heavy atom. The summed E-state index contributed by atoms with van der Waals surface area (Å²) < 4.78 is 26.1. The summed E-state index contributed by atoms with van der Waals surface area (Å²) in [5, 5.41) is 10.3. The maximum Gasteiger partial charge on any atom is 0.257 e. The van der Waals surface area contributed by atoms with Gasteiger partial charge in [0.1, 0.15) is 11.9 Å². The van der Waals surface area contributed by atoms with Crippen LogP contribution in [0.15, 0.2) is 24.3 Å². The molecule has 2 amide bonds. The molecule has 8 heteroatoms. The molecule has 4 rings (SSSR count). The standard InChI is InChI=1S/C23H31FN2O5/c24-19-7-3-2-6-18(19)23(29)26-13-16(27)14-30-15-21-20(26)9-8-17(31-21)12-22(28)25-10-4-1-5-11-25/h2-3,6-7,16-17,20-21,27H,1,4-5,8-15H2/t16-,17-,20+,21-/m1/s1. The van der Waals surface area contributed by atoms with Gasteiger partial charge in [-0.15, -0.1) is 0 Å². The number of carbonyl (C=O) groups excluding carboxylic acids is 2. The number of hydrogen-bond donors (Lipinski definition) is 1. The van der Waals surface area contributed by atoms with Gasteiger partial charge in [0, 0.05) is 19.6 Å². The molecule has 0 spiro atoms. The van der Waals surface area contributed by atoms with E-state index >= 15 is 0 Å². The van der Waals surface area contributed by atoms with Crippen molar-refractivity contribution >= 4 is 11.8 Å². The highest BCUT2D eigenvalue weighted by molar-refractivity contribution is 5.94. The molecule has 3 fully saturated rings. The van der Waals surface area contributed by atoms with Gasteiger partial charge in [-0.3, -0.25) is 9.59 Å². The van der Waals surface area contributed by atoms with Gasteiger partial charge in [0.15, 0.2) is 0 Å². The number of ether oxygens (including phenoxy) is 2. The van der Waals surface area contributed by atoms with Crippen LogP contribution in [0.2, 0.25) is 0 Å². The second-order valence-corrected chi connectivity index (χ2v) is 8.72. The molecule has 1 N–H and O–H groups in total. The Hall–Kier alpha value is -2.03. The molecular weight excluding hydrogens is 403 g/mol. The van der Waals surface area contributed by atoms with Crippen LogP contribution in [-0.4, -0.2) is 83.9 Å². The van der Waals surface area contributed by atoms with Crippen molar-refractivity contribution in [3.63, 3.8) is 0 Å². The Kier molecular flexibility index (Phi) is 7.20. The van der Waals surface area contributed by atoms with Gasteiger partial charge in [-0.05, 0) is 44.2 Å². The van der Waals surface area contributed by atoms with E-state index in [4.69, 9.17) is 9.47 Å². The van der Waals surface area contributed by atoms with Crippen molar-refractivity contribution in [2.75, 3.05) is 32.8 Å². The Balaban J connectivity index is 1.46. The molecule has 3 aliphatic rings. The zero-order valence-electron chi connectivity index (χ0n) is 17.7. The third kappa shape index (κ3) is 5.25. The summed E-state index contributed by atoms with van der Waals surface area (Å²) in [6, 6.07) is 5.53. The molecular formula is C23H31FN2O5. The third-order valence-corrected chi connectivity index (χ3v) is 6.46. The van der Waals surface area contributed by atoms with Crippen molar-refractivity contribution in [1.29, 1.82) is 0 Å². The Bertz CT molecular complexity index is 785. The number of fused-ring (bicyclic) bond motifs is 1. The van der Waals surface area contributed by atoms with Crippen molar-refractivity contribution < 1.29 is 28.6 Å². The minimum absolute atomic E-state index is 0.0164. The number of β-amino-alcohol motifs (C(OH)–C–C–N with tert-alkyl or cyclic N) is 1. The number of aliphatic hydroxyl groups is 1. The summed E-state index contributed by atoms with van der Waals surface area (Å²) >= 11 is 0. The largest absolute Gasteiger partial charge is 0.389 e.